The first-order chi connectivity index (χ1) is 9.06. The Kier molecular flexibility index (Phi) is 3.74. The van der Waals surface area contributed by atoms with E-state index in [4.69, 9.17) is 0 Å². The van der Waals surface area contributed by atoms with Crippen LogP contribution in [-0.2, 0) is 24.9 Å². The standard InChI is InChI=1S/C12H15N5O2/c1-9-5-10(3-4-13-9)6-14-11(18)7-17-12(19)16(2)8-15-17/h3-5,8H,6-7H2,1-2H3,(H,14,18). The number of nitrogens with one attached hydrogen (secondary N) is 1. The van der Waals surface area contributed by atoms with Gasteiger partial charge in [0.1, 0.15) is 12.9 Å². The molecule has 7 heteroatoms. The third-order valence-electron chi connectivity index (χ3n) is 2.63. The van der Waals surface area contributed by atoms with Gasteiger partial charge in [0.2, 0.25) is 5.91 Å². The molecule has 0 saturated heterocycles. The van der Waals surface area contributed by atoms with Crippen LogP contribution < -0.4 is 11.0 Å². The van der Waals surface area contributed by atoms with Gasteiger partial charge in [-0.1, -0.05) is 0 Å². The number of hydrogen-bond acceptors (Lipinski definition) is 4. The fraction of sp³-hybridized carbons (Fsp3) is 0.333. The van der Waals surface area contributed by atoms with Crippen LogP contribution in [0.15, 0.2) is 29.5 Å². The lowest BCUT2D eigenvalue weighted by Gasteiger charge is -2.05. The fourth-order valence-corrected chi connectivity index (χ4v) is 1.64. The summed E-state index contributed by atoms with van der Waals surface area (Å²) in [6, 6.07) is 3.73. The van der Waals surface area contributed by atoms with Crippen molar-refractivity contribution in [3.63, 3.8) is 0 Å². The first-order valence-corrected chi connectivity index (χ1v) is 5.83. The monoisotopic (exact) mass is 261 g/mol. The highest BCUT2D eigenvalue weighted by molar-refractivity contribution is 5.75. The lowest BCUT2D eigenvalue weighted by Crippen LogP contribution is -2.33. The lowest BCUT2D eigenvalue weighted by molar-refractivity contribution is -0.122. The van der Waals surface area contributed by atoms with Gasteiger partial charge < -0.3 is 5.32 Å². The summed E-state index contributed by atoms with van der Waals surface area (Å²) in [6.07, 6.45) is 3.07. The molecule has 2 rings (SSSR count). The smallest absolute Gasteiger partial charge is 0.345 e. The third kappa shape index (κ3) is 3.27. The highest BCUT2D eigenvalue weighted by atomic mass is 16.2. The second kappa shape index (κ2) is 5.47. The molecule has 0 unspecified atom stereocenters. The van der Waals surface area contributed by atoms with Crippen molar-refractivity contribution in [2.75, 3.05) is 0 Å². The first kappa shape index (κ1) is 13.0. The summed E-state index contributed by atoms with van der Waals surface area (Å²) in [7, 11) is 1.59. The third-order valence-corrected chi connectivity index (χ3v) is 2.63. The summed E-state index contributed by atoms with van der Waals surface area (Å²) < 4.78 is 2.44. The van der Waals surface area contributed by atoms with E-state index in [1.54, 1.807) is 13.2 Å². The molecule has 0 aliphatic carbocycles. The highest BCUT2D eigenvalue weighted by Crippen LogP contribution is 1.99. The summed E-state index contributed by atoms with van der Waals surface area (Å²) in [5, 5.41) is 6.56. The molecule has 0 bridgehead atoms. The maximum absolute atomic E-state index is 11.7. The SMILES string of the molecule is Cc1cc(CNC(=O)Cn2ncn(C)c2=O)ccn1. The zero-order valence-corrected chi connectivity index (χ0v) is 10.8. The fourth-order valence-electron chi connectivity index (χ4n) is 1.64. The van der Waals surface area contributed by atoms with Gasteiger partial charge in [0.15, 0.2) is 0 Å². The van der Waals surface area contributed by atoms with Crippen LogP contribution in [0.3, 0.4) is 0 Å². The molecule has 7 nitrogen and oxygen atoms in total. The van der Waals surface area contributed by atoms with Gasteiger partial charge in [0, 0.05) is 25.5 Å². The van der Waals surface area contributed by atoms with Crippen LogP contribution in [-0.4, -0.2) is 25.2 Å². The van der Waals surface area contributed by atoms with Crippen LogP contribution in [0.1, 0.15) is 11.3 Å². The average molecular weight is 261 g/mol. The van der Waals surface area contributed by atoms with E-state index in [2.05, 4.69) is 15.4 Å². The van der Waals surface area contributed by atoms with E-state index < -0.39 is 0 Å². The predicted molar refractivity (Wildman–Crippen MR) is 68.3 cm³/mol. The molecule has 0 aliphatic rings. The van der Waals surface area contributed by atoms with E-state index in [9.17, 15) is 9.59 Å². The summed E-state index contributed by atoms with van der Waals surface area (Å²) >= 11 is 0. The number of aryl methyl sites for hydroxylation is 2. The molecule has 19 heavy (non-hydrogen) atoms. The molecule has 0 fully saturated rings. The van der Waals surface area contributed by atoms with Crippen molar-refractivity contribution < 1.29 is 4.79 Å². The van der Waals surface area contributed by atoms with Crippen molar-refractivity contribution in [2.24, 2.45) is 7.05 Å². The Balaban J connectivity index is 1.92. The summed E-state index contributed by atoms with van der Waals surface area (Å²) in [6.45, 7) is 2.21. The van der Waals surface area contributed by atoms with Crippen LogP contribution in [0.5, 0.6) is 0 Å². The Labute approximate surface area is 109 Å². The second-order valence-electron chi connectivity index (χ2n) is 4.26. The van der Waals surface area contributed by atoms with E-state index >= 15 is 0 Å². The molecule has 2 aromatic heterocycles. The van der Waals surface area contributed by atoms with Crippen LogP contribution in [0.4, 0.5) is 0 Å². The Morgan fingerprint density at radius 2 is 2.26 bits per heavy atom. The molecule has 0 spiro atoms. The van der Waals surface area contributed by atoms with E-state index in [1.165, 1.54) is 10.9 Å². The van der Waals surface area contributed by atoms with Crippen molar-refractivity contribution in [3.8, 4) is 0 Å². The van der Waals surface area contributed by atoms with E-state index in [-0.39, 0.29) is 18.1 Å². The van der Waals surface area contributed by atoms with Crippen LogP contribution in [0.2, 0.25) is 0 Å². The van der Waals surface area contributed by atoms with E-state index in [0.717, 1.165) is 15.9 Å². The van der Waals surface area contributed by atoms with Crippen LogP contribution >= 0.6 is 0 Å². The molecule has 0 radical (unpaired) electrons. The van der Waals surface area contributed by atoms with Gasteiger partial charge in [-0.25, -0.2) is 9.48 Å². The Bertz CT molecular complexity index is 644. The zero-order valence-electron chi connectivity index (χ0n) is 10.8. The molecular formula is C12H15N5O2. The molecular weight excluding hydrogens is 246 g/mol. The number of carbonyl (C=O) groups is 1. The van der Waals surface area contributed by atoms with Crippen LogP contribution in [0, 0.1) is 6.92 Å². The molecule has 1 amide bonds. The van der Waals surface area contributed by atoms with Gasteiger partial charge in [-0.05, 0) is 24.6 Å². The van der Waals surface area contributed by atoms with Crippen molar-refractivity contribution in [1.29, 1.82) is 0 Å². The molecule has 0 aliphatic heterocycles. The molecule has 0 atom stereocenters. The van der Waals surface area contributed by atoms with Gasteiger partial charge >= 0.3 is 5.69 Å². The van der Waals surface area contributed by atoms with Gasteiger partial charge in [0.05, 0.1) is 0 Å². The highest BCUT2D eigenvalue weighted by Gasteiger charge is 2.07. The minimum absolute atomic E-state index is 0.0796. The zero-order chi connectivity index (χ0) is 13.8. The number of rotatable bonds is 4. The summed E-state index contributed by atoms with van der Waals surface area (Å²) in [5.74, 6) is -0.254. The van der Waals surface area contributed by atoms with Crippen LogP contribution in [0.25, 0.3) is 0 Å². The minimum Gasteiger partial charge on any atom is -0.350 e. The lowest BCUT2D eigenvalue weighted by atomic mass is 10.2. The number of hydrogen-bond donors (Lipinski definition) is 1. The van der Waals surface area contributed by atoms with Crippen molar-refractivity contribution in [1.82, 2.24) is 24.6 Å². The van der Waals surface area contributed by atoms with Crippen molar-refractivity contribution >= 4 is 5.91 Å². The minimum atomic E-state index is -0.310. The van der Waals surface area contributed by atoms with E-state index in [1.807, 2.05) is 19.1 Å². The van der Waals surface area contributed by atoms with E-state index in [0.29, 0.717) is 6.54 Å². The van der Waals surface area contributed by atoms with Gasteiger partial charge in [-0.2, -0.15) is 5.10 Å². The van der Waals surface area contributed by atoms with Crippen molar-refractivity contribution in [3.05, 3.63) is 46.4 Å². The number of pyridine rings is 1. The first-order valence-electron chi connectivity index (χ1n) is 5.83. The summed E-state index contributed by atoms with van der Waals surface area (Å²) in [4.78, 5) is 27.3. The number of carbonyl (C=O) groups excluding carboxylic acids is 1. The topological polar surface area (TPSA) is 81.8 Å². The second-order valence-corrected chi connectivity index (χ2v) is 4.26. The number of aromatic nitrogens is 4. The Hall–Kier alpha value is -2.44. The van der Waals surface area contributed by atoms with Gasteiger partial charge in [0.25, 0.3) is 0 Å². The average Bonchev–Trinajstić information content (AvgIpc) is 2.69. The quantitative estimate of drug-likeness (QED) is 0.812. The maximum atomic E-state index is 11.7. The Morgan fingerprint density at radius 3 is 2.89 bits per heavy atom. The normalized spacial score (nSPS) is 10.4. The largest absolute Gasteiger partial charge is 0.350 e. The van der Waals surface area contributed by atoms with Gasteiger partial charge in [-0.3, -0.25) is 14.3 Å². The Morgan fingerprint density at radius 1 is 1.47 bits per heavy atom. The predicted octanol–water partition coefficient (Wildman–Crippen LogP) is -0.398. The maximum Gasteiger partial charge on any atom is 0.345 e. The molecule has 1 N–H and O–H groups in total. The number of amides is 1. The molecule has 0 aromatic carbocycles. The molecule has 100 valence electrons. The molecule has 2 aromatic rings. The molecule has 2 heterocycles. The van der Waals surface area contributed by atoms with Gasteiger partial charge in [-0.15, -0.1) is 0 Å². The molecule has 0 saturated carbocycles. The summed E-state index contributed by atoms with van der Waals surface area (Å²) in [5.41, 5.74) is 1.55. The number of nitrogens with zero attached hydrogens (tertiary/aromatic N) is 4. The van der Waals surface area contributed by atoms with Crippen molar-refractivity contribution in [2.45, 2.75) is 20.0 Å².